The van der Waals surface area contributed by atoms with E-state index in [9.17, 15) is 4.79 Å². The first-order valence-corrected chi connectivity index (χ1v) is 8.08. The van der Waals surface area contributed by atoms with Crippen LogP contribution in [0.1, 0.15) is 11.5 Å². The van der Waals surface area contributed by atoms with Crippen LogP contribution in [0, 0.1) is 0 Å². The van der Waals surface area contributed by atoms with Crippen LogP contribution in [0.25, 0.3) is 0 Å². The van der Waals surface area contributed by atoms with Crippen molar-refractivity contribution in [3.63, 3.8) is 0 Å². The molecule has 2 aromatic rings. The van der Waals surface area contributed by atoms with Crippen molar-refractivity contribution in [2.75, 3.05) is 25.6 Å². The Bertz CT molecular complexity index is 688. The Morgan fingerprint density at radius 3 is 2.50 bits per heavy atom. The molecule has 0 radical (unpaired) electrons. The van der Waals surface area contributed by atoms with Crippen LogP contribution in [0.5, 0.6) is 5.75 Å². The van der Waals surface area contributed by atoms with Crippen molar-refractivity contribution in [3.8, 4) is 5.75 Å². The van der Waals surface area contributed by atoms with Gasteiger partial charge >= 0.3 is 6.03 Å². The number of carbonyl (C=O) groups is 1. The quantitative estimate of drug-likeness (QED) is 0.888. The van der Waals surface area contributed by atoms with E-state index in [0.717, 1.165) is 11.3 Å². The predicted molar refractivity (Wildman–Crippen MR) is 93.9 cm³/mol. The van der Waals surface area contributed by atoms with Crippen molar-refractivity contribution in [1.82, 2.24) is 5.32 Å². The lowest BCUT2D eigenvalue weighted by Crippen LogP contribution is -2.41. The number of halogens is 1. The monoisotopic (exact) mass is 346 g/mol. The Morgan fingerprint density at radius 2 is 1.83 bits per heavy atom. The van der Waals surface area contributed by atoms with Crippen molar-refractivity contribution < 1.29 is 14.3 Å². The standard InChI is InChI=1S/C18H19ClN2O3/c1-23-15-8-2-12(3-9-15)16-10-24-11-17(16)21-18(22)20-14-6-4-13(19)5-7-14/h2-9,16-17H,10-11H2,1H3,(H2,20,21,22)/t16?,17-/m0/s1. The molecule has 0 aliphatic carbocycles. The highest BCUT2D eigenvalue weighted by Gasteiger charge is 2.30. The maximum absolute atomic E-state index is 12.2. The zero-order chi connectivity index (χ0) is 16.9. The lowest BCUT2D eigenvalue weighted by atomic mass is 9.94. The number of hydrogen-bond donors (Lipinski definition) is 2. The molecule has 1 saturated heterocycles. The largest absolute Gasteiger partial charge is 0.497 e. The second-order valence-electron chi connectivity index (χ2n) is 5.63. The first-order chi connectivity index (χ1) is 11.7. The van der Waals surface area contributed by atoms with Gasteiger partial charge < -0.3 is 20.1 Å². The van der Waals surface area contributed by atoms with Crippen LogP contribution >= 0.6 is 11.6 Å². The Morgan fingerprint density at radius 1 is 1.12 bits per heavy atom. The normalized spacial score (nSPS) is 19.8. The smallest absolute Gasteiger partial charge is 0.319 e. The van der Waals surface area contributed by atoms with Gasteiger partial charge in [-0.1, -0.05) is 23.7 Å². The van der Waals surface area contributed by atoms with E-state index in [0.29, 0.717) is 23.9 Å². The molecule has 1 aliphatic heterocycles. The van der Waals surface area contributed by atoms with Gasteiger partial charge in [-0.3, -0.25) is 0 Å². The number of nitrogens with one attached hydrogen (secondary N) is 2. The molecule has 1 aliphatic rings. The highest BCUT2D eigenvalue weighted by molar-refractivity contribution is 6.30. The average Bonchev–Trinajstić information content (AvgIpc) is 3.05. The molecule has 24 heavy (non-hydrogen) atoms. The number of anilines is 1. The number of benzene rings is 2. The average molecular weight is 347 g/mol. The van der Waals surface area contributed by atoms with Crippen molar-refractivity contribution in [2.24, 2.45) is 0 Å². The Labute approximate surface area is 145 Å². The molecule has 2 N–H and O–H groups in total. The SMILES string of the molecule is COc1ccc(C2COC[C@@H]2NC(=O)Nc2ccc(Cl)cc2)cc1. The molecule has 0 aromatic heterocycles. The second-order valence-corrected chi connectivity index (χ2v) is 6.07. The molecule has 0 saturated carbocycles. The lowest BCUT2D eigenvalue weighted by molar-refractivity contribution is 0.187. The van der Waals surface area contributed by atoms with Gasteiger partial charge in [-0.05, 0) is 42.0 Å². The van der Waals surface area contributed by atoms with Crippen LogP contribution in [0.3, 0.4) is 0 Å². The first-order valence-electron chi connectivity index (χ1n) is 7.70. The molecule has 0 spiro atoms. The van der Waals surface area contributed by atoms with E-state index >= 15 is 0 Å². The molecule has 1 heterocycles. The van der Waals surface area contributed by atoms with Gasteiger partial charge in [0.2, 0.25) is 0 Å². The van der Waals surface area contributed by atoms with Gasteiger partial charge in [0.15, 0.2) is 0 Å². The fourth-order valence-electron chi connectivity index (χ4n) is 2.74. The molecule has 126 valence electrons. The number of ether oxygens (including phenoxy) is 2. The number of carbonyl (C=O) groups excluding carboxylic acids is 1. The molecular formula is C18H19ClN2O3. The number of rotatable bonds is 4. The van der Waals surface area contributed by atoms with Crippen molar-refractivity contribution in [2.45, 2.75) is 12.0 Å². The minimum Gasteiger partial charge on any atom is -0.497 e. The molecule has 2 aromatic carbocycles. The highest BCUT2D eigenvalue weighted by Crippen LogP contribution is 2.27. The van der Waals surface area contributed by atoms with E-state index in [1.165, 1.54) is 0 Å². The Hall–Kier alpha value is -2.24. The molecule has 3 rings (SSSR count). The van der Waals surface area contributed by atoms with E-state index < -0.39 is 0 Å². The van der Waals surface area contributed by atoms with Crippen LogP contribution in [-0.4, -0.2) is 32.4 Å². The summed E-state index contributed by atoms with van der Waals surface area (Å²) in [6.45, 7) is 1.07. The molecule has 5 nitrogen and oxygen atoms in total. The molecule has 2 amide bonds. The summed E-state index contributed by atoms with van der Waals surface area (Å²) in [5, 5.41) is 6.41. The first kappa shape index (κ1) is 16.6. The summed E-state index contributed by atoms with van der Waals surface area (Å²) in [6, 6.07) is 14.5. The van der Waals surface area contributed by atoms with E-state index in [1.54, 1.807) is 31.4 Å². The number of hydrogen-bond acceptors (Lipinski definition) is 3. The van der Waals surface area contributed by atoms with Gasteiger partial charge in [0.05, 0.1) is 26.4 Å². The van der Waals surface area contributed by atoms with Crippen molar-refractivity contribution in [3.05, 3.63) is 59.1 Å². The topological polar surface area (TPSA) is 59.6 Å². The second kappa shape index (κ2) is 7.55. The number of amides is 2. The summed E-state index contributed by atoms with van der Waals surface area (Å²) in [7, 11) is 1.64. The third-order valence-electron chi connectivity index (χ3n) is 4.04. The van der Waals surface area contributed by atoms with Crippen LogP contribution in [0.15, 0.2) is 48.5 Å². The zero-order valence-corrected chi connectivity index (χ0v) is 14.0. The fraction of sp³-hybridized carbons (Fsp3) is 0.278. The summed E-state index contributed by atoms with van der Waals surface area (Å²) in [4.78, 5) is 12.2. The summed E-state index contributed by atoms with van der Waals surface area (Å²) < 4.78 is 10.7. The van der Waals surface area contributed by atoms with Crippen LogP contribution in [-0.2, 0) is 4.74 Å². The van der Waals surface area contributed by atoms with E-state index in [-0.39, 0.29) is 18.0 Å². The fourth-order valence-corrected chi connectivity index (χ4v) is 2.87. The molecule has 0 bridgehead atoms. The summed E-state index contributed by atoms with van der Waals surface area (Å²) in [6.07, 6.45) is 0. The Balaban J connectivity index is 1.62. The minimum absolute atomic E-state index is 0.0781. The summed E-state index contributed by atoms with van der Waals surface area (Å²) >= 11 is 5.84. The Kier molecular flexibility index (Phi) is 5.23. The van der Waals surface area contributed by atoms with E-state index in [4.69, 9.17) is 21.1 Å². The van der Waals surface area contributed by atoms with E-state index in [2.05, 4.69) is 10.6 Å². The number of urea groups is 1. The third-order valence-corrected chi connectivity index (χ3v) is 4.30. The van der Waals surface area contributed by atoms with Crippen molar-refractivity contribution >= 4 is 23.3 Å². The van der Waals surface area contributed by atoms with E-state index in [1.807, 2.05) is 24.3 Å². The maximum Gasteiger partial charge on any atom is 0.319 e. The molecule has 1 fully saturated rings. The van der Waals surface area contributed by atoms with Gasteiger partial charge in [-0.2, -0.15) is 0 Å². The molecular weight excluding hydrogens is 328 g/mol. The van der Waals surface area contributed by atoms with Crippen molar-refractivity contribution in [1.29, 1.82) is 0 Å². The third kappa shape index (κ3) is 3.99. The summed E-state index contributed by atoms with van der Waals surface area (Å²) in [5.74, 6) is 0.925. The maximum atomic E-state index is 12.2. The lowest BCUT2D eigenvalue weighted by Gasteiger charge is -2.20. The van der Waals surface area contributed by atoms with Gasteiger partial charge in [0, 0.05) is 16.6 Å². The molecule has 2 atom stereocenters. The summed E-state index contributed by atoms with van der Waals surface area (Å²) in [5.41, 5.74) is 1.81. The highest BCUT2D eigenvalue weighted by atomic mass is 35.5. The molecule has 1 unspecified atom stereocenters. The van der Waals surface area contributed by atoms with Crippen LogP contribution in [0.4, 0.5) is 10.5 Å². The van der Waals surface area contributed by atoms with Gasteiger partial charge in [0.25, 0.3) is 0 Å². The minimum atomic E-state index is -0.258. The predicted octanol–water partition coefficient (Wildman–Crippen LogP) is 3.65. The molecule has 6 heteroatoms. The van der Waals surface area contributed by atoms with Gasteiger partial charge in [-0.25, -0.2) is 4.79 Å². The number of methoxy groups -OCH3 is 1. The zero-order valence-electron chi connectivity index (χ0n) is 13.3. The van der Waals surface area contributed by atoms with Crippen LogP contribution in [0.2, 0.25) is 5.02 Å². The van der Waals surface area contributed by atoms with Gasteiger partial charge in [0.1, 0.15) is 5.75 Å². The van der Waals surface area contributed by atoms with Gasteiger partial charge in [-0.15, -0.1) is 0 Å². The van der Waals surface area contributed by atoms with Crippen LogP contribution < -0.4 is 15.4 Å².